The maximum atomic E-state index is 4.41. The first-order valence-electron chi connectivity index (χ1n) is 5.74. The van der Waals surface area contributed by atoms with Crippen LogP contribution in [0.5, 0.6) is 0 Å². The van der Waals surface area contributed by atoms with Crippen molar-refractivity contribution in [1.29, 1.82) is 0 Å². The lowest BCUT2D eigenvalue weighted by Crippen LogP contribution is -2.07. The molecule has 1 N–H and O–H groups in total. The van der Waals surface area contributed by atoms with Crippen LogP contribution in [0.2, 0.25) is 0 Å². The van der Waals surface area contributed by atoms with Gasteiger partial charge in [0.2, 0.25) is 5.13 Å². The third kappa shape index (κ3) is 3.77. The van der Waals surface area contributed by atoms with Crippen molar-refractivity contribution in [2.24, 2.45) is 0 Å². The van der Waals surface area contributed by atoms with Gasteiger partial charge in [0.25, 0.3) is 0 Å². The SMILES string of the molecule is CNc1cc(C)nc(CSc2nnc(N(C)C)s2)n1. The summed E-state index contributed by atoms with van der Waals surface area (Å²) in [4.78, 5) is 10.8. The molecule has 2 rings (SSSR count). The molecule has 19 heavy (non-hydrogen) atoms. The molecule has 0 atom stereocenters. The number of hydrogen-bond donors (Lipinski definition) is 1. The fraction of sp³-hybridized carbons (Fsp3) is 0.455. The highest BCUT2D eigenvalue weighted by Crippen LogP contribution is 2.28. The van der Waals surface area contributed by atoms with Crippen molar-refractivity contribution in [2.75, 3.05) is 31.4 Å². The second-order valence-electron chi connectivity index (χ2n) is 4.09. The van der Waals surface area contributed by atoms with Gasteiger partial charge in [0.1, 0.15) is 11.6 Å². The van der Waals surface area contributed by atoms with Crippen molar-refractivity contribution < 1.29 is 0 Å². The van der Waals surface area contributed by atoms with Crippen LogP contribution in [0.15, 0.2) is 10.4 Å². The fourth-order valence-corrected chi connectivity index (χ4v) is 3.01. The molecular weight excluding hydrogens is 280 g/mol. The predicted octanol–water partition coefficient (Wildman–Crippen LogP) is 2.04. The Morgan fingerprint density at radius 2 is 2.11 bits per heavy atom. The maximum absolute atomic E-state index is 4.41. The van der Waals surface area contributed by atoms with Crippen molar-refractivity contribution in [2.45, 2.75) is 17.0 Å². The van der Waals surface area contributed by atoms with E-state index in [1.165, 1.54) is 0 Å². The molecule has 0 spiro atoms. The van der Waals surface area contributed by atoms with E-state index in [-0.39, 0.29) is 0 Å². The predicted molar refractivity (Wildman–Crippen MR) is 80.1 cm³/mol. The van der Waals surface area contributed by atoms with Crippen LogP contribution >= 0.6 is 23.1 Å². The first-order valence-corrected chi connectivity index (χ1v) is 7.54. The third-order valence-corrected chi connectivity index (χ3v) is 4.48. The summed E-state index contributed by atoms with van der Waals surface area (Å²) < 4.78 is 0.930. The van der Waals surface area contributed by atoms with Crippen LogP contribution in [0.25, 0.3) is 0 Å². The van der Waals surface area contributed by atoms with Gasteiger partial charge in [0, 0.05) is 32.9 Å². The number of hydrogen-bond acceptors (Lipinski definition) is 8. The van der Waals surface area contributed by atoms with E-state index in [9.17, 15) is 0 Å². The van der Waals surface area contributed by atoms with Crippen molar-refractivity contribution in [3.05, 3.63) is 17.6 Å². The molecule has 2 aromatic rings. The quantitative estimate of drug-likeness (QED) is 0.847. The van der Waals surface area contributed by atoms with Crippen molar-refractivity contribution in [1.82, 2.24) is 20.2 Å². The van der Waals surface area contributed by atoms with Crippen LogP contribution in [0, 0.1) is 6.92 Å². The Hall–Kier alpha value is -1.41. The molecule has 6 nitrogen and oxygen atoms in total. The first kappa shape index (κ1) is 14.0. The van der Waals surface area contributed by atoms with Crippen LogP contribution in [-0.2, 0) is 5.75 Å². The zero-order chi connectivity index (χ0) is 13.8. The number of anilines is 2. The summed E-state index contributed by atoms with van der Waals surface area (Å²) in [6.45, 7) is 1.96. The van der Waals surface area contributed by atoms with Gasteiger partial charge in [-0.05, 0) is 6.92 Å². The van der Waals surface area contributed by atoms with Crippen molar-refractivity contribution >= 4 is 34.0 Å². The molecule has 0 aromatic carbocycles. The zero-order valence-electron chi connectivity index (χ0n) is 11.3. The highest BCUT2D eigenvalue weighted by atomic mass is 32.2. The fourth-order valence-electron chi connectivity index (χ4n) is 1.39. The summed E-state index contributed by atoms with van der Waals surface area (Å²) in [5.41, 5.74) is 0.959. The monoisotopic (exact) mass is 296 g/mol. The number of aromatic nitrogens is 4. The van der Waals surface area contributed by atoms with Gasteiger partial charge in [-0.25, -0.2) is 9.97 Å². The molecular formula is C11H16N6S2. The lowest BCUT2D eigenvalue weighted by atomic mass is 10.4. The second kappa shape index (κ2) is 6.16. The molecule has 0 aliphatic carbocycles. The first-order chi connectivity index (χ1) is 9.08. The van der Waals surface area contributed by atoms with E-state index in [0.717, 1.165) is 26.8 Å². The van der Waals surface area contributed by atoms with Crippen LogP contribution in [-0.4, -0.2) is 41.3 Å². The van der Waals surface area contributed by atoms with Gasteiger partial charge in [-0.15, -0.1) is 10.2 Å². The van der Waals surface area contributed by atoms with E-state index in [1.54, 1.807) is 23.1 Å². The van der Waals surface area contributed by atoms with Crippen molar-refractivity contribution in [3.63, 3.8) is 0 Å². The molecule has 0 saturated carbocycles. The molecule has 8 heteroatoms. The standard InChI is InChI=1S/C11H16N6S2/c1-7-5-8(12-2)14-9(13-7)6-18-11-16-15-10(19-11)17(3)4/h5H,6H2,1-4H3,(H,12,13,14). The van der Waals surface area contributed by atoms with Crippen molar-refractivity contribution in [3.8, 4) is 0 Å². The Morgan fingerprint density at radius 1 is 1.32 bits per heavy atom. The lowest BCUT2D eigenvalue weighted by Gasteiger charge is -2.04. The summed E-state index contributed by atoms with van der Waals surface area (Å²) in [5, 5.41) is 12.2. The van der Waals surface area contributed by atoms with Gasteiger partial charge in [-0.3, -0.25) is 0 Å². The number of thioether (sulfide) groups is 1. The van der Waals surface area contributed by atoms with E-state index in [1.807, 2.05) is 39.0 Å². The van der Waals surface area contributed by atoms with Crippen LogP contribution in [0.1, 0.15) is 11.5 Å². The summed E-state index contributed by atoms with van der Waals surface area (Å²) >= 11 is 3.17. The van der Waals surface area contributed by atoms with Gasteiger partial charge in [-0.1, -0.05) is 23.1 Å². The smallest absolute Gasteiger partial charge is 0.208 e. The average Bonchev–Trinajstić information content (AvgIpc) is 2.84. The van der Waals surface area contributed by atoms with E-state index >= 15 is 0 Å². The molecule has 0 aliphatic heterocycles. The zero-order valence-corrected chi connectivity index (χ0v) is 13.0. The normalized spacial score (nSPS) is 10.5. The summed E-state index contributed by atoms with van der Waals surface area (Å²) in [7, 11) is 5.77. The van der Waals surface area contributed by atoms with Crippen LogP contribution in [0.3, 0.4) is 0 Å². The molecule has 2 heterocycles. The number of aryl methyl sites for hydroxylation is 1. The van der Waals surface area contributed by atoms with E-state index in [0.29, 0.717) is 5.75 Å². The minimum atomic E-state index is 0.693. The third-order valence-electron chi connectivity index (χ3n) is 2.26. The van der Waals surface area contributed by atoms with Gasteiger partial charge < -0.3 is 10.2 Å². The Labute approximate surface area is 120 Å². The molecule has 0 amide bonds. The molecule has 0 bridgehead atoms. The molecule has 102 valence electrons. The molecule has 0 fully saturated rings. The Morgan fingerprint density at radius 3 is 2.74 bits per heavy atom. The largest absolute Gasteiger partial charge is 0.373 e. The van der Waals surface area contributed by atoms with Crippen LogP contribution in [0.4, 0.5) is 10.9 Å². The molecule has 0 radical (unpaired) electrons. The van der Waals surface area contributed by atoms with Gasteiger partial charge in [-0.2, -0.15) is 0 Å². The Balaban J connectivity index is 2.03. The Bertz CT molecular complexity index is 554. The Kier molecular flexibility index (Phi) is 4.54. The lowest BCUT2D eigenvalue weighted by molar-refractivity contribution is 0.966. The van der Waals surface area contributed by atoms with E-state index in [2.05, 4.69) is 25.5 Å². The number of rotatable bonds is 5. The number of nitrogens with zero attached hydrogens (tertiary/aromatic N) is 5. The average molecular weight is 296 g/mol. The highest BCUT2D eigenvalue weighted by molar-refractivity contribution is 8.00. The summed E-state index contributed by atoms with van der Waals surface area (Å²) in [5.74, 6) is 2.34. The van der Waals surface area contributed by atoms with Gasteiger partial charge in [0.05, 0.1) is 5.75 Å². The van der Waals surface area contributed by atoms with Crippen LogP contribution < -0.4 is 10.2 Å². The van der Waals surface area contributed by atoms with E-state index in [4.69, 9.17) is 0 Å². The van der Waals surface area contributed by atoms with E-state index < -0.39 is 0 Å². The minimum absolute atomic E-state index is 0.693. The highest BCUT2D eigenvalue weighted by Gasteiger charge is 2.08. The minimum Gasteiger partial charge on any atom is -0.373 e. The molecule has 2 aromatic heterocycles. The topological polar surface area (TPSA) is 66.8 Å². The molecule has 0 saturated heterocycles. The van der Waals surface area contributed by atoms with Gasteiger partial charge >= 0.3 is 0 Å². The molecule has 0 unspecified atom stereocenters. The molecule has 0 aliphatic rings. The second-order valence-corrected chi connectivity index (χ2v) is 6.27. The number of nitrogens with one attached hydrogen (secondary N) is 1. The summed E-state index contributed by atoms with van der Waals surface area (Å²) in [6, 6.07) is 1.92. The summed E-state index contributed by atoms with van der Waals surface area (Å²) in [6.07, 6.45) is 0. The van der Waals surface area contributed by atoms with Gasteiger partial charge in [0.15, 0.2) is 4.34 Å². The maximum Gasteiger partial charge on any atom is 0.208 e.